The Morgan fingerprint density at radius 1 is 1.14 bits per heavy atom. The van der Waals surface area contributed by atoms with Crippen LogP contribution in [0.2, 0.25) is 0 Å². The average molecular weight is 381 g/mol. The van der Waals surface area contributed by atoms with E-state index in [1.54, 1.807) is 4.90 Å². The van der Waals surface area contributed by atoms with Crippen molar-refractivity contribution >= 4 is 5.91 Å². The molecule has 0 spiro atoms. The van der Waals surface area contributed by atoms with Crippen LogP contribution in [-0.4, -0.2) is 34.1 Å². The van der Waals surface area contributed by atoms with Crippen molar-refractivity contribution in [2.75, 3.05) is 13.1 Å². The fourth-order valence-corrected chi connectivity index (χ4v) is 3.29. The van der Waals surface area contributed by atoms with Crippen LogP contribution in [0.3, 0.4) is 0 Å². The molecule has 1 aliphatic heterocycles. The van der Waals surface area contributed by atoms with Gasteiger partial charge in [0.15, 0.2) is 6.61 Å². The van der Waals surface area contributed by atoms with Gasteiger partial charge in [0.2, 0.25) is 5.89 Å². The van der Waals surface area contributed by atoms with Gasteiger partial charge in [-0.2, -0.15) is 0 Å². The van der Waals surface area contributed by atoms with Gasteiger partial charge < -0.3 is 14.1 Å². The van der Waals surface area contributed by atoms with Crippen molar-refractivity contribution in [3.05, 3.63) is 77.8 Å². The summed E-state index contributed by atoms with van der Waals surface area (Å²) in [5.41, 5.74) is 0.476. The Hall–Kier alpha value is -3.22. The number of aromatic nitrogens is 2. The molecule has 2 aromatic carbocycles. The highest BCUT2D eigenvalue weighted by Crippen LogP contribution is 2.27. The molecule has 1 aliphatic rings. The van der Waals surface area contributed by atoms with Gasteiger partial charge in [-0.15, -0.1) is 10.2 Å². The maximum absolute atomic E-state index is 13.1. The quantitative estimate of drug-likeness (QED) is 0.672. The molecule has 1 saturated heterocycles. The van der Waals surface area contributed by atoms with Crippen molar-refractivity contribution in [2.45, 2.75) is 25.4 Å². The Kier molecular flexibility index (Phi) is 5.32. The van der Waals surface area contributed by atoms with Crippen LogP contribution in [0.4, 0.5) is 4.39 Å². The summed E-state index contributed by atoms with van der Waals surface area (Å²) in [6.07, 6.45) is 1.71. The zero-order valence-electron chi connectivity index (χ0n) is 15.3. The molecule has 0 N–H and O–H groups in total. The van der Waals surface area contributed by atoms with E-state index in [9.17, 15) is 9.18 Å². The Labute approximate surface area is 161 Å². The lowest BCUT2D eigenvalue weighted by atomic mass is 9.97. The third kappa shape index (κ3) is 4.19. The number of carbonyl (C=O) groups is 1. The van der Waals surface area contributed by atoms with Crippen LogP contribution in [0, 0.1) is 5.82 Å². The summed E-state index contributed by atoms with van der Waals surface area (Å²) in [6, 6.07) is 15.0. The van der Waals surface area contributed by atoms with Crippen molar-refractivity contribution in [1.82, 2.24) is 15.1 Å². The second kappa shape index (κ2) is 8.21. The van der Waals surface area contributed by atoms with Crippen LogP contribution < -0.4 is 4.74 Å². The largest absolute Gasteiger partial charge is 0.484 e. The molecule has 6 nitrogen and oxygen atoms in total. The first kappa shape index (κ1) is 18.2. The Balaban J connectivity index is 1.38. The predicted octanol–water partition coefficient (Wildman–Crippen LogP) is 3.81. The van der Waals surface area contributed by atoms with Gasteiger partial charge in [-0.3, -0.25) is 4.79 Å². The minimum absolute atomic E-state index is 0.0175. The molecular weight excluding hydrogens is 361 g/mol. The Morgan fingerprint density at radius 2 is 1.93 bits per heavy atom. The molecule has 1 fully saturated rings. The van der Waals surface area contributed by atoms with Gasteiger partial charge in [0.25, 0.3) is 11.8 Å². The lowest BCUT2D eigenvalue weighted by Gasteiger charge is -2.31. The van der Waals surface area contributed by atoms with E-state index in [0.29, 0.717) is 30.4 Å². The molecule has 1 unspecified atom stereocenters. The maximum atomic E-state index is 13.1. The number of hydrogen-bond donors (Lipinski definition) is 0. The first-order valence-electron chi connectivity index (χ1n) is 9.24. The number of para-hydroxylation sites is 1. The van der Waals surface area contributed by atoms with E-state index in [0.717, 1.165) is 18.6 Å². The zero-order chi connectivity index (χ0) is 19.3. The number of ether oxygens (including phenoxy) is 1. The molecule has 28 heavy (non-hydrogen) atoms. The van der Waals surface area contributed by atoms with E-state index in [2.05, 4.69) is 10.2 Å². The van der Waals surface area contributed by atoms with E-state index in [4.69, 9.17) is 9.15 Å². The maximum Gasteiger partial charge on any atom is 0.253 e. The summed E-state index contributed by atoms with van der Waals surface area (Å²) >= 11 is 0. The topological polar surface area (TPSA) is 68.5 Å². The molecule has 144 valence electrons. The van der Waals surface area contributed by atoms with Crippen LogP contribution in [0.1, 0.15) is 40.9 Å². The van der Waals surface area contributed by atoms with E-state index < -0.39 is 0 Å². The molecular formula is C21H20FN3O3. The van der Waals surface area contributed by atoms with Gasteiger partial charge in [-0.1, -0.05) is 18.2 Å². The molecule has 3 aromatic rings. The smallest absolute Gasteiger partial charge is 0.253 e. The summed E-state index contributed by atoms with van der Waals surface area (Å²) < 4.78 is 24.5. The van der Waals surface area contributed by atoms with E-state index in [1.165, 1.54) is 24.3 Å². The lowest BCUT2D eigenvalue weighted by molar-refractivity contribution is 0.0697. The first-order valence-corrected chi connectivity index (χ1v) is 9.24. The van der Waals surface area contributed by atoms with Crippen molar-refractivity contribution in [3.8, 4) is 5.75 Å². The van der Waals surface area contributed by atoms with Gasteiger partial charge >= 0.3 is 0 Å². The molecule has 0 saturated carbocycles. The van der Waals surface area contributed by atoms with Crippen molar-refractivity contribution in [1.29, 1.82) is 0 Å². The van der Waals surface area contributed by atoms with Crippen LogP contribution in [0.15, 0.2) is 59.0 Å². The molecule has 4 rings (SSSR count). The molecule has 2 heterocycles. The Bertz CT molecular complexity index is 928. The molecule has 1 amide bonds. The highest BCUT2D eigenvalue weighted by Gasteiger charge is 2.29. The average Bonchev–Trinajstić information content (AvgIpc) is 3.22. The normalized spacial score (nSPS) is 16.8. The third-order valence-corrected chi connectivity index (χ3v) is 4.74. The highest BCUT2D eigenvalue weighted by atomic mass is 19.1. The van der Waals surface area contributed by atoms with Gasteiger partial charge in [0, 0.05) is 18.7 Å². The number of benzene rings is 2. The first-order chi connectivity index (χ1) is 13.7. The lowest BCUT2D eigenvalue weighted by Crippen LogP contribution is -2.39. The number of likely N-dealkylation sites (tertiary alicyclic amines) is 1. The number of halogens is 1. The zero-order valence-corrected chi connectivity index (χ0v) is 15.3. The second-order valence-electron chi connectivity index (χ2n) is 6.73. The molecule has 0 bridgehead atoms. The molecule has 0 radical (unpaired) electrons. The number of rotatable bonds is 5. The SMILES string of the molecule is O=C(c1ccc(F)cc1)N1CCCC(c2nnc(COc3ccccc3)o2)C1. The molecule has 0 aliphatic carbocycles. The van der Waals surface area contributed by atoms with Crippen molar-refractivity contribution < 1.29 is 18.3 Å². The molecule has 1 atom stereocenters. The molecule has 7 heteroatoms. The van der Waals surface area contributed by atoms with Crippen LogP contribution >= 0.6 is 0 Å². The number of piperidine rings is 1. The third-order valence-electron chi connectivity index (χ3n) is 4.74. The minimum atomic E-state index is -0.357. The summed E-state index contributed by atoms with van der Waals surface area (Å²) in [5.74, 6) is 1.16. The highest BCUT2D eigenvalue weighted by molar-refractivity contribution is 5.94. The summed E-state index contributed by atoms with van der Waals surface area (Å²) in [4.78, 5) is 14.4. The van der Waals surface area contributed by atoms with E-state index in [1.807, 2.05) is 30.3 Å². The van der Waals surface area contributed by atoms with E-state index in [-0.39, 0.29) is 24.2 Å². The van der Waals surface area contributed by atoms with Gasteiger partial charge in [0.05, 0.1) is 5.92 Å². The van der Waals surface area contributed by atoms with Crippen molar-refractivity contribution in [3.63, 3.8) is 0 Å². The van der Waals surface area contributed by atoms with E-state index >= 15 is 0 Å². The number of nitrogens with zero attached hydrogens (tertiary/aromatic N) is 3. The minimum Gasteiger partial charge on any atom is -0.484 e. The van der Waals surface area contributed by atoms with Gasteiger partial charge in [-0.25, -0.2) is 4.39 Å². The fourth-order valence-electron chi connectivity index (χ4n) is 3.29. The summed E-state index contributed by atoms with van der Waals surface area (Å²) in [6.45, 7) is 1.35. The number of carbonyl (C=O) groups excluding carboxylic acids is 1. The van der Waals surface area contributed by atoms with Gasteiger partial charge in [-0.05, 0) is 49.2 Å². The van der Waals surface area contributed by atoms with Crippen LogP contribution in [0.5, 0.6) is 5.75 Å². The van der Waals surface area contributed by atoms with Gasteiger partial charge in [0.1, 0.15) is 11.6 Å². The van der Waals surface area contributed by atoms with Crippen LogP contribution in [0.25, 0.3) is 0 Å². The summed E-state index contributed by atoms with van der Waals surface area (Å²) in [5, 5.41) is 8.20. The number of amides is 1. The predicted molar refractivity (Wildman–Crippen MR) is 99.4 cm³/mol. The Morgan fingerprint density at radius 3 is 2.71 bits per heavy atom. The summed E-state index contributed by atoms with van der Waals surface area (Å²) in [7, 11) is 0. The standard InChI is InChI=1S/C21H20FN3O3/c22-17-10-8-15(9-11-17)21(26)25-12-4-5-16(13-25)20-24-23-19(28-20)14-27-18-6-2-1-3-7-18/h1-3,6-11,16H,4-5,12-14H2. The monoisotopic (exact) mass is 381 g/mol. The van der Waals surface area contributed by atoms with Crippen LogP contribution in [-0.2, 0) is 6.61 Å². The fraction of sp³-hybridized carbons (Fsp3) is 0.286. The number of hydrogen-bond acceptors (Lipinski definition) is 5. The molecule has 1 aromatic heterocycles. The second-order valence-corrected chi connectivity index (χ2v) is 6.73. The van der Waals surface area contributed by atoms with Crippen molar-refractivity contribution in [2.24, 2.45) is 0 Å².